The lowest BCUT2D eigenvalue weighted by Crippen LogP contribution is -3.00. The lowest BCUT2D eigenvalue weighted by atomic mass is 10.1. The lowest BCUT2D eigenvalue weighted by Gasteiger charge is -2.13. The molecule has 0 saturated heterocycles. The molecule has 0 radical (unpaired) electrons. The Balaban J connectivity index is 0.00000200. The highest BCUT2D eigenvalue weighted by Gasteiger charge is 2.17. The first-order valence-corrected chi connectivity index (χ1v) is 6.81. The molecule has 0 spiro atoms. The molecule has 0 aliphatic rings. The third-order valence-electron chi connectivity index (χ3n) is 3.20. The fourth-order valence-corrected chi connectivity index (χ4v) is 2.27. The maximum Gasteiger partial charge on any atom is 0.161 e. The topological polar surface area (TPSA) is 29.8 Å². The monoisotopic (exact) mass is 291 g/mol. The Hall–Kier alpha value is -1.51. The quantitative estimate of drug-likeness (QED) is 0.721. The van der Waals surface area contributed by atoms with Crippen molar-refractivity contribution in [3.8, 4) is 0 Å². The van der Waals surface area contributed by atoms with Gasteiger partial charge in [0.15, 0.2) is 5.76 Å². The Kier molecular flexibility index (Phi) is 7.13. The second-order valence-corrected chi connectivity index (χ2v) is 5.04. The smallest absolute Gasteiger partial charge is 0.161 e. The Morgan fingerprint density at radius 2 is 1.95 bits per heavy atom. The first-order valence-electron chi connectivity index (χ1n) is 6.81. The van der Waals surface area contributed by atoms with Crippen LogP contribution >= 0.6 is 0 Å². The highest BCUT2D eigenvalue weighted by molar-refractivity contribution is 5.14. The summed E-state index contributed by atoms with van der Waals surface area (Å²) in [5, 5.41) is 2.35. The van der Waals surface area contributed by atoms with Gasteiger partial charge < -0.3 is 22.1 Å². The van der Waals surface area contributed by atoms with Crippen molar-refractivity contribution in [3.05, 3.63) is 72.2 Å². The molecule has 0 fully saturated rings. The van der Waals surface area contributed by atoms with Gasteiger partial charge in [-0.15, -0.1) is 0 Å². The molecule has 108 valence electrons. The molecule has 0 bridgehead atoms. The van der Waals surface area contributed by atoms with Gasteiger partial charge in [0, 0.05) is 12.8 Å². The minimum atomic E-state index is 0. The van der Waals surface area contributed by atoms with E-state index in [2.05, 4.69) is 49.2 Å². The number of hydrogen-bond acceptors (Lipinski definition) is 1. The molecular weight excluding hydrogens is 270 g/mol. The van der Waals surface area contributed by atoms with Gasteiger partial charge in [-0.2, -0.15) is 0 Å². The number of benzene rings is 1. The first kappa shape index (κ1) is 16.5. The summed E-state index contributed by atoms with van der Waals surface area (Å²) in [5.74, 6) is 1.04. The Labute approximate surface area is 127 Å². The Morgan fingerprint density at radius 1 is 1.20 bits per heavy atom. The molecule has 2 nitrogen and oxygen atoms in total. The molecule has 1 aromatic heterocycles. The predicted octanol–water partition coefficient (Wildman–Crippen LogP) is 0.0970. The van der Waals surface area contributed by atoms with Crippen LogP contribution < -0.4 is 17.7 Å². The standard InChI is InChI=1S/C17H21NO.ClH/c1-14(2)13-16(17-9-6-12-19-17)18-11-10-15-7-4-3-5-8-15;/h3-9,12,16,18H,1,10-11,13H2,2H3;1H. The van der Waals surface area contributed by atoms with Gasteiger partial charge in [-0.1, -0.05) is 42.5 Å². The number of hydrogen-bond donors (Lipinski definition) is 1. The fourth-order valence-electron chi connectivity index (χ4n) is 2.27. The third-order valence-corrected chi connectivity index (χ3v) is 3.20. The molecule has 0 saturated carbocycles. The summed E-state index contributed by atoms with van der Waals surface area (Å²) in [6.45, 7) is 7.14. The van der Waals surface area contributed by atoms with Gasteiger partial charge >= 0.3 is 0 Å². The van der Waals surface area contributed by atoms with E-state index in [1.807, 2.05) is 12.1 Å². The number of rotatable bonds is 7. The van der Waals surface area contributed by atoms with E-state index in [4.69, 9.17) is 4.42 Å². The van der Waals surface area contributed by atoms with E-state index in [0.717, 1.165) is 25.1 Å². The summed E-state index contributed by atoms with van der Waals surface area (Å²) in [4.78, 5) is 0. The van der Waals surface area contributed by atoms with E-state index in [1.54, 1.807) is 6.26 Å². The summed E-state index contributed by atoms with van der Waals surface area (Å²) in [6, 6.07) is 14.9. The average molecular weight is 292 g/mol. The van der Waals surface area contributed by atoms with Gasteiger partial charge in [-0.25, -0.2) is 0 Å². The van der Waals surface area contributed by atoms with Crippen LogP contribution in [0, 0.1) is 0 Å². The zero-order valence-corrected chi connectivity index (χ0v) is 12.6. The molecule has 0 aliphatic carbocycles. The zero-order chi connectivity index (χ0) is 13.5. The Bertz CT molecular complexity index is 493. The molecular formula is C17H22ClNO. The highest BCUT2D eigenvalue weighted by atomic mass is 35.5. The van der Waals surface area contributed by atoms with E-state index < -0.39 is 0 Å². The summed E-state index contributed by atoms with van der Waals surface area (Å²) in [5.41, 5.74) is 2.57. The van der Waals surface area contributed by atoms with Crippen LogP contribution in [0.1, 0.15) is 30.7 Å². The van der Waals surface area contributed by atoms with Crippen molar-refractivity contribution < 1.29 is 22.1 Å². The maximum absolute atomic E-state index is 5.53. The molecule has 2 rings (SSSR count). The number of halogens is 1. The number of quaternary nitrogens is 1. The molecule has 2 N–H and O–H groups in total. The van der Waals surface area contributed by atoms with Crippen molar-refractivity contribution in [3.63, 3.8) is 0 Å². The van der Waals surface area contributed by atoms with Crippen LogP contribution in [-0.2, 0) is 6.42 Å². The van der Waals surface area contributed by atoms with Crippen LogP contribution in [0.2, 0.25) is 0 Å². The number of furan rings is 1. The number of nitrogens with two attached hydrogens (primary N) is 1. The second-order valence-electron chi connectivity index (χ2n) is 5.04. The first-order chi connectivity index (χ1) is 9.25. The highest BCUT2D eigenvalue weighted by Crippen LogP contribution is 2.16. The maximum atomic E-state index is 5.53. The normalized spacial score (nSPS) is 11.7. The summed E-state index contributed by atoms with van der Waals surface area (Å²) in [7, 11) is 0. The fraction of sp³-hybridized carbons (Fsp3) is 0.294. The third kappa shape index (κ3) is 5.24. The zero-order valence-electron chi connectivity index (χ0n) is 11.9. The van der Waals surface area contributed by atoms with Crippen LogP contribution in [0.5, 0.6) is 0 Å². The van der Waals surface area contributed by atoms with Crippen LogP contribution in [0.3, 0.4) is 0 Å². The second kappa shape index (κ2) is 8.62. The molecule has 1 aromatic carbocycles. The van der Waals surface area contributed by atoms with Crippen molar-refractivity contribution >= 4 is 0 Å². The molecule has 0 amide bonds. The van der Waals surface area contributed by atoms with Crippen molar-refractivity contribution in [1.29, 1.82) is 0 Å². The molecule has 20 heavy (non-hydrogen) atoms. The summed E-state index contributed by atoms with van der Waals surface area (Å²) in [6.07, 6.45) is 3.78. The van der Waals surface area contributed by atoms with Crippen molar-refractivity contribution in [1.82, 2.24) is 0 Å². The average Bonchev–Trinajstić information content (AvgIpc) is 2.92. The van der Waals surface area contributed by atoms with E-state index >= 15 is 0 Å². The largest absolute Gasteiger partial charge is 1.00 e. The molecule has 1 atom stereocenters. The molecule has 1 unspecified atom stereocenters. The van der Waals surface area contributed by atoms with Gasteiger partial charge in [0.05, 0.1) is 12.8 Å². The van der Waals surface area contributed by atoms with Crippen molar-refractivity contribution in [2.24, 2.45) is 0 Å². The van der Waals surface area contributed by atoms with Crippen LogP contribution in [0.25, 0.3) is 0 Å². The molecule has 3 heteroatoms. The van der Waals surface area contributed by atoms with Gasteiger partial charge in [0.25, 0.3) is 0 Å². The van der Waals surface area contributed by atoms with Crippen molar-refractivity contribution in [2.75, 3.05) is 6.54 Å². The van der Waals surface area contributed by atoms with Gasteiger partial charge in [0.2, 0.25) is 0 Å². The van der Waals surface area contributed by atoms with E-state index in [1.165, 1.54) is 11.1 Å². The minimum Gasteiger partial charge on any atom is -1.00 e. The molecule has 1 heterocycles. The van der Waals surface area contributed by atoms with Gasteiger partial charge in [-0.3, -0.25) is 0 Å². The van der Waals surface area contributed by atoms with E-state index in [-0.39, 0.29) is 12.4 Å². The molecule has 0 aliphatic heterocycles. The SMILES string of the molecule is C=C(C)CC([NH2+]CCc1ccccc1)c1ccco1.[Cl-]. The van der Waals surface area contributed by atoms with Crippen LogP contribution in [-0.4, -0.2) is 6.54 Å². The van der Waals surface area contributed by atoms with Crippen molar-refractivity contribution in [2.45, 2.75) is 25.8 Å². The summed E-state index contributed by atoms with van der Waals surface area (Å²) < 4.78 is 5.53. The van der Waals surface area contributed by atoms with Gasteiger partial charge in [0.1, 0.15) is 6.04 Å². The van der Waals surface area contributed by atoms with Gasteiger partial charge in [-0.05, 0) is 24.6 Å². The Morgan fingerprint density at radius 3 is 2.55 bits per heavy atom. The van der Waals surface area contributed by atoms with E-state index in [0.29, 0.717) is 6.04 Å². The van der Waals surface area contributed by atoms with E-state index in [9.17, 15) is 0 Å². The molecule has 2 aromatic rings. The van der Waals surface area contributed by atoms with Crippen LogP contribution in [0.15, 0.2) is 65.3 Å². The minimum absolute atomic E-state index is 0. The predicted molar refractivity (Wildman–Crippen MR) is 77.8 cm³/mol. The summed E-state index contributed by atoms with van der Waals surface area (Å²) >= 11 is 0. The van der Waals surface area contributed by atoms with Crippen LogP contribution in [0.4, 0.5) is 0 Å². The lowest BCUT2D eigenvalue weighted by molar-refractivity contribution is -0.697.